The van der Waals surface area contributed by atoms with Crippen molar-refractivity contribution in [2.24, 2.45) is 5.41 Å². The summed E-state index contributed by atoms with van der Waals surface area (Å²) in [6.45, 7) is 10.9. The van der Waals surface area contributed by atoms with Crippen molar-refractivity contribution in [3.63, 3.8) is 0 Å². The molecule has 2 aliphatic rings. The average molecular weight is 512 g/mol. The van der Waals surface area contributed by atoms with Crippen molar-refractivity contribution >= 4 is 50.9 Å². The van der Waals surface area contributed by atoms with Gasteiger partial charge in [-0.15, -0.1) is 0 Å². The topological polar surface area (TPSA) is 90.6 Å². The second-order valence-electron chi connectivity index (χ2n) is 11.4. The molecule has 3 aromatic rings. The Balaban J connectivity index is 1.37. The SMILES string of the molecule is CC1(C)CCN(C(=O)CN2CC(C)(C)OCC2C(=O)Nc2cc(Cl)cc3c2[nH]c2cnccc23)CC1. The molecule has 36 heavy (non-hydrogen) atoms. The van der Waals surface area contributed by atoms with Crippen molar-refractivity contribution in [2.75, 3.05) is 38.1 Å². The summed E-state index contributed by atoms with van der Waals surface area (Å²) in [7, 11) is 0. The largest absolute Gasteiger partial charge is 0.372 e. The number of ether oxygens (including phenoxy) is 1. The van der Waals surface area contributed by atoms with Crippen molar-refractivity contribution in [2.45, 2.75) is 52.2 Å². The maximum absolute atomic E-state index is 13.6. The third kappa shape index (κ3) is 5.08. The van der Waals surface area contributed by atoms with E-state index in [1.165, 1.54) is 0 Å². The average Bonchev–Trinajstić information content (AvgIpc) is 3.17. The van der Waals surface area contributed by atoms with E-state index in [1.54, 1.807) is 18.5 Å². The third-order valence-electron chi connectivity index (χ3n) is 7.50. The third-order valence-corrected chi connectivity index (χ3v) is 7.72. The number of fused-ring (bicyclic) bond motifs is 3. The number of amides is 2. The van der Waals surface area contributed by atoms with Gasteiger partial charge in [0.05, 0.1) is 41.7 Å². The standard InChI is InChI=1S/C27H34ClN5O3/c1-26(2)6-9-32(10-7-26)23(34)14-33-16-27(3,4)36-15-22(33)25(35)31-20-12-17(28)11-19-18-5-8-29-13-21(18)30-24(19)20/h5,8,11-13,22,30H,6-7,9-10,14-16H2,1-4H3,(H,31,35). The maximum atomic E-state index is 13.6. The van der Waals surface area contributed by atoms with Crippen molar-refractivity contribution in [3.8, 4) is 0 Å². The predicted octanol–water partition coefficient (Wildman–Crippen LogP) is 4.44. The van der Waals surface area contributed by atoms with Crippen LogP contribution in [-0.4, -0.2) is 76.0 Å². The number of carbonyl (C=O) groups is 2. The molecule has 0 radical (unpaired) electrons. The molecule has 0 aliphatic carbocycles. The molecule has 4 heterocycles. The van der Waals surface area contributed by atoms with E-state index in [4.69, 9.17) is 16.3 Å². The number of likely N-dealkylation sites (tertiary alicyclic amines) is 1. The highest BCUT2D eigenvalue weighted by Crippen LogP contribution is 2.34. The van der Waals surface area contributed by atoms with Crippen LogP contribution >= 0.6 is 11.6 Å². The van der Waals surface area contributed by atoms with Crippen LogP contribution in [0.3, 0.4) is 0 Å². The minimum absolute atomic E-state index is 0.0641. The number of aromatic amines is 1. The van der Waals surface area contributed by atoms with Crippen LogP contribution in [0.25, 0.3) is 21.8 Å². The Labute approximate surface area is 216 Å². The number of pyridine rings is 1. The highest BCUT2D eigenvalue weighted by Gasteiger charge is 2.39. The molecule has 2 saturated heterocycles. The fraction of sp³-hybridized carbons (Fsp3) is 0.519. The van der Waals surface area contributed by atoms with Gasteiger partial charge in [0.15, 0.2) is 0 Å². The van der Waals surface area contributed by atoms with Gasteiger partial charge in [0.1, 0.15) is 6.04 Å². The number of carbonyl (C=O) groups excluding carboxylic acids is 2. The lowest BCUT2D eigenvalue weighted by molar-refractivity contribution is -0.151. The Morgan fingerprint density at radius 2 is 1.94 bits per heavy atom. The van der Waals surface area contributed by atoms with Crippen LogP contribution in [0.1, 0.15) is 40.5 Å². The van der Waals surface area contributed by atoms with Crippen molar-refractivity contribution in [1.82, 2.24) is 19.8 Å². The Bertz CT molecular complexity index is 1310. The Kier molecular flexibility index (Phi) is 6.47. The van der Waals surface area contributed by atoms with Crippen LogP contribution in [0.2, 0.25) is 5.02 Å². The molecule has 0 bridgehead atoms. The highest BCUT2D eigenvalue weighted by atomic mass is 35.5. The van der Waals surface area contributed by atoms with Gasteiger partial charge < -0.3 is 19.9 Å². The Morgan fingerprint density at radius 3 is 2.69 bits per heavy atom. The van der Waals surface area contributed by atoms with Crippen molar-refractivity contribution in [1.29, 1.82) is 0 Å². The van der Waals surface area contributed by atoms with Crippen LogP contribution in [-0.2, 0) is 14.3 Å². The lowest BCUT2D eigenvalue weighted by Crippen LogP contribution is -2.60. The number of benzene rings is 1. The number of H-pyrrole nitrogens is 1. The van der Waals surface area contributed by atoms with Crippen LogP contribution in [0.4, 0.5) is 5.69 Å². The molecule has 2 N–H and O–H groups in total. The zero-order valence-electron chi connectivity index (χ0n) is 21.4. The van der Waals surface area contributed by atoms with Crippen LogP contribution in [0.5, 0.6) is 0 Å². The lowest BCUT2D eigenvalue weighted by atomic mass is 9.82. The van der Waals surface area contributed by atoms with E-state index in [9.17, 15) is 9.59 Å². The molecule has 1 unspecified atom stereocenters. The number of morpholine rings is 1. The lowest BCUT2D eigenvalue weighted by Gasteiger charge is -2.44. The fourth-order valence-corrected chi connectivity index (χ4v) is 5.45. The summed E-state index contributed by atoms with van der Waals surface area (Å²) in [5.41, 5.74) is 2.06. The van der Waals surface area contributed by atoms with E-state index in [0.29, 0.717) is 17.3 Å². The van der Waals surface area contributed by atoms with Gasteiger partial charge in [-0.25, -0.2) is 0 Å². The van der Waals surface area contributed by atoms with E-state index in [1.807, 2.05) is 35.8 Å². The van der Waals surface area contributed by atoms with Gasteiger partial charge >= 0.3 is 0 Å². The monoisotopic (exact) mass is 511 g/mol. The molecule has 0 saturated carbocycles. The zero-order chi connectivity index (χ0) is 25.7. The molecular formula is C27H34ClN5O3. The molecule has 9 heteroatoms. The minimum Gasteiger partial charge on any atom is -0.372 e. The van der Waals surface area contributed by atoms with Crippen LogP contribution in [0, 0.1) is 5.41 Å². The van der Waals surface area contributed by atoms with Gasteiger partial charge in [-0.3, -0.25) is 19.5 Å². The number of nitrogens with one attached hydrogen (secondary N) is 2. The number of hydrogen-bond donors (Lipinski definition) is 2. The first-order chi connectivity index (χ1) is 17.0. The first-order valence-corrected chi connectivity index (χ1v) is 12.9. The summed E-state index contributed by atoms with van der Waals surface area (Å²) in [6, 6.07) is 4.94. The predicted molar refractivity (Wildman–Crippen MR) is 142 cm³/mol. The summed E-state index contributed by atoms with van der Waals surface area (Å²) >= 11 is 6.43. The summed E-state index contributed by atoms with van der Waals surface area (Å²) in [4.78, 5) is 38.2. The van der Waals surface area contributed by atoms with E-state index in [0.717, 1.165) is 47.7 Å². The number of rotatable bonds is 4. The zero-order valence-corrected chi connectivity index (χ0v) is 22.1. The van der Waals surface area contributed by atoms with Gasteiger partial charge in [-0.2, -0.15) is 0 Å². The van der Waals surface area contributed by atoms with Gasteiger partial charge in [0, 0.05) is 41.6 Å². The highest BCUT2D eigenvalue weighted by molar-refractivity contribution is 6.33. The molecule has 2 aliphatic heterocycles. The van der Waals surface area contributed by atoms with Gasteiger partial charge in [0.25, 0.3) is 0 Å². The molecule has 2 aromatic heterocycles. The summed E-state index contributed by atoms with van der Waals surface area (Å²) in [5, 5.41) is 5.48. The maximum Gasteiger partial charge on any atom is 0.244 e. The van der Waals surface area contributed by atoms with Gasteiger partial charge in [-0.05, 0) is 50.3 Å². The molecule has 192 valence electrons. The van der Waals surface area contributed by atoms with Crippen molar-refractivity contribution in [3.05, 3.63) is 35.6 Å². The summed E-state index contributed by atoms with van der Waals surface area (Å²) in [6.07, 6.45) is 5.46. The fourth-order valence-electron chi connectivity index (χ4n) is 5.23. The van der Waals surface area contributed by atoms with E-state index in [-0.39, 0.29) is 30.4 Å². The molecule has 1 atom stereocenters. The normalized spacial score (nSPS) is 22.1. The number of anilines is 1. The Hall–Kier alpha value is -2.68. The smallest absolute Gasteiger partial charge is 0.244 e. The second kappa shape index (κ2) is 9.32. The molecule has 8 nitrogen and oxygen atoms in total. The first-order valence-electron chi connectivity index (χ1n) is 12.5. The molecular weight excluding hydrogens is 478 g/mol. The minimum atomic E-state index is -0.594. The van der Waals surface area contributed by atoms with Crippen molar-refractivity contribution < 1.29 is 14.3 Å². The first kappa shape index (κ1) is 25.0. The number of aromatic nitrogens is 2. The quantitative estimate of drug-likeness (QED) is 0.540. The number of nitrogens with zero attached hydrogens (tertiary/aromatic N) is 3. The molecule has 1 aromatic carbocycles. The Morgan fingerprint density at radius 1 is 1.19 bits per heavy atom. The van der Waals surface area contributed by atoms with Crippen LogP contribution in [0.15, 0.2) is 30.6 Å². The molecule has 2 amide bonds. The second-order valence-corrected chi connectivity index (χ2v) is 11.9. The van der Waals surface area contributed by atoms with Crippen LogP contribution < -0.4 is 5.32 Å². The molecule has 0 spiro atoms. The van der Waals surface area contributed by atoms with E-state index >= 15 is 0 Å². The van der Waals surface area contributed by atoms with E-state index < -0.39 is 11.6 Å². The number of piperidine rings is 1. The number of hydrogen-bond acceptors (Lipinski definition) is 5. The molecule has 2 fully saturated rings. The summed E-state index contributed by atoms with van der Waals surface area (Å²) < 4.78 is 6.01. The van der Waals surface area contributed by atoms with Gasteiger partial charge in [-0.1, -0.05) is 25.4 Å². The molecule has 5 rings (SSSR count). The van der Waals surface area contributed by atoms with E-state index in [2.05, 4.69) is 29.1 Å². The van der Waals surface area contributed by atoms with Gasteiger partial charge in [0.2, 0.25) is 11.8 Å². The number of halogens is 1. The summed E-state index contributed by atoms with van der Waals surface area (Å²) in [5.74, 6) is -0.160.